The smallest absolute Gasteiger partial charge is 0.407 e. The van der Waals surface area contributed by atoms with Gasteiger partial charge >= 0.3 is 12.1 Å². The lowest BCUT2D eigenvalue weighted by Gasteiger charge is -2.34. The average Bonchev–Trinajstić information content (AvgIpc) is 2.77. The maximum atomic E-state index is 13.1. The number of rotatable bonds is 5. The van der Waals surface area contributed by atoms with E-state index >= 15 is 0 Å². The van der Waals surface area contributed by atoms with E-state index in [-0.39, 0.29) is 23.8 Å². The minimum atomic E-state index is -1.02. The molecule has 0 aromatic heterocycles. The number of carboxylic acids is 1. The molecule has 0 aromatic carbocycles. The van der Waals surface area contributed by atoms with Crippen molar-refractivity contribution in [2.75, 3.05) is 13.2 Å². The van der Waals surface area contributed by atoms with Gasteiger partial charge in [-0.25, -0.2) is 9.59 Å². The zero-order chi connectivity index (χ0) is 19.6. The van der Waals surface area contributed by atoms with Gasteiger partial charge in [-0.15, -0.1) is 0 Å². The number of aliphatic carboxylic acids is 1. The first-order valence-corrected chi connectivity index (χ1v) is 8.71. The van der Waals surface area contributed by atoms with Crippen LogP contribution in [0.3, 0.4) is 0 Å². The Morgan fingerprint density at radius 3 is 2.28 bits per heavy atom. The van der Waals surface area contributed by atoms with Gasteiger partial charge in [-0.2, -0.15) is 0 Å². The highest BCUT2D eigenvalue weighted by molar-refractivity contribution is 5.90. The summed E-state index contributed by atoms with van der Waals surface area (Å²) in [7, 11) is 0. The lowest BCUT2D eigenvalue weighted by molar-refractivity contribution is -0.150. The summed E-state index contributed by atoms with van der Waals surface area (Å²) in [5.41, 5.74) is -0.858. The van der Waals surface area contributed by atoms with Crippen molar-refractivity contribution in [1.82, 2.24) is 10.2 Å². The second-order valence-corrected chi connectivity index (χ2v) is 9.12. The molecule has 1 heterocycles. The van der Waals surface area contributed by atoms with Crippen molar-refractivity contribution < 1.29 is 24.2 Å². The highest BCUT2D eigenvalue weighted by Gasteiger charge is 2.47. The topological polar surface area (TPSA) is 95.9 Å². The molecule has 1 rings (SSSR count). The Kier molecular flexibility index (Phi) is 6.48. The first-order chi connectivity index (χ1) is 11.2. The standard InChI is InChI=1S/C18H32N2O5/c1-11(2)9-25-16(24)19-13(17(3,4)5)14(21)20-10-18(6,7)8-12(20)15(22)23/h11-13H,8-10H2,1-7H3,(H,19,24)(H,22,23)/t12-,13+/m0/s1. The number of ether oxygens (including phenoxy) is 1. The summed E-state index contributed by atoms with van der Waals surface area (Å²) < 4.78 is 5.12. The van der Waals surface area contributed by atoms with Gasteiger partial charge in [0.15, 0.2) is 0 Å². The number of carbonyl (C=O) groups is 3. The molecule has 0 aliphatic carbocycles. The first-order valence-electron chi connectivity index (χ1n) is 8.71. The summed E-state index contributed by atoms with van der Waals surface area (Å²) in [6, 6.07) is -1.73. The van der Waals surface area contributed by atoms with Crippen molar-refractivity contribution >= 4 is 18.0 Å². The zero-order valence-corrected chi connectivity index (χ0v) is 16.4. The van der Waals surface area contributed by atoms with Gasteiger partial charge < -0.3 is 20.1 Å². The van der Waals surface area contributed by atoms with E-state index in [1.54, 1.807) is 0 Å². The van der Waals surface area contributed by atoms with Crippen molar-refractivity contribution in [2.45, 2.75) is 67.0 Å². The molecule has 1 saturated heterocycles. The van der Waals surface area contributed by atoms with E-state index in [0.717, 1.165) is 0 Å². The van der Waals surface area contributed by atoms with Crippen LogP contribution >= 0.6 is 0 Å². The summed E-state index contributed by atoms with van der Waals surface area (Å²) >= 11 is 0. The SMILES string of the molecule is CC(C)COC(=O)N[C@H](C(=O)N1CC(C)(C)C[C@H]1C(=O)O)C(C)(C)C. The van der Waals surface area contributed by atoms with Crippen molar-refractivity contribution in [1.29, 1.82) is 0 Å². The number of likely N-dealkylation sites (tertiary alicyclic amines) is 1. The molecule has 2 amide bonds. The van der Waals surface area contributed by atoms with Crippen LogP contribution in [-0.4, -0.2) is 53.2 Å². The monoisotopic (exact) mass is 356 g/mol. The zero-order valence-electron chi connectivity index (χ0n) is 16.4. The van der Waals surface area contributed by atoms with E-state index in [9.17, 15) is 19.5 Å². The molecule has 25 heavy (non-hydrogen) atoms. The Hall–Kier alpha value is -1.79. The second kappa shape index (κ2) is 7.62. The van der Waals surface area contributed by atoms with Gasteiger partial charge in [0.1, 0.15) is 12.1 Å². The van der Waals surface area contributed by atoms with Gasteiger partial charge in [0.05, 0.1) is 6.61 Å². The van der Waals surface area contributed by atoms with E-state index in [4.69, 9.17) is 4.74 Å². The van der Waals surface area contributed by atoms with Crippen LogP contribution in [0, 0.1) is 16.7 Å². The minimum absolute atomic E-state index is 0.185. The third-order valence-corrected chi connectivity index (χ3v) is 4.21. The number of carbonyl (C=O) groups excluding carboxylic acids is 2. The van der Waals surface area contributed by atoms with E-state index in [0.29, 0.717) is 13.0 Å². The lowest BCUT2D eigenvalue weighted by Crippen LogP contribution is -2.57. The molecule has 7 heteroatoms. The summed E-state index contributed by atoms with van der Waals surface area (Å²) in [6.07, 6.45) is -0.268. The van der Waals surface area contributed by atoms with Gasteiger partial charge in [0, 0.05) is 6.54 Å². The fraction of sp³-hybridized carbons (Fsp3) is 0.833. The summed E-state index contributed by atoms with van der Waals surface area (Å²) in [4.78, 5) is 38.1. The number of nitrogens with zero attached hydrogens (tertiary/aromatic N) is 1. The minimum Gasteiger partial charge on any atom is -0.480 e. The van der Waals surface area contributed by atoms with E-state index in [1.807, 2.05) is 48.5 Å². The quantitative estimate of drug-likeness (QED) is 0.789. The fourth-order valence-corrected chi connectivity index (χ4v) is 2.94. The van der Waals surface area contributed by atoms with Gasteiger partial charge in [0.2, 0.25) is 5.91 Å². The van der Waals surface area contributed by atoms with Gasteiger partial charge in [0.25, 0.3) is 0 Å². The Labute approximate surface area is 150 Å². The normalized spacial score (nSPS) is 21.1. The highest BCUT2D eigenvalue weighted by atomic mass is 16.5. The molecule has 1 aliphatic heterocycles. The van der Waals surface area contributed by atoms with Gasteiger partial charge in [-0.05, 0) is 23.2 Å². The molecular formula is C18H32N2O5. The van der Waals surface area contributed by atoms with Crippen molar-refractivity contribution in [3.63, 3.8) is 0 Å². The number of carboxylic acid groups (broad SMARTS) is 1. The van der Waals surface area contributed by atoms with Crippen LogP contribution in [0.25, 0.3) is 0 Å². The van der Waals surface area contributed by atoms with E-state index in [2.05, 4.69) is 5.32 Å². The van der Waals surface area contributed by atoms with Crippen LogP contribution in [0.4, 0.5) is 4.79 Å². The molecule has 0 radical (unpaired) electrons. The van der Waals surface area contributed by atoms with Crippen molar-refractivity contribution in [2.24, 2.45) is 16.7 Å². The molecule has 2 N–H and O–H groups in total. The predicted octanol–water partition coefficient (Wildman–Crippen LogP) is 2.50. The number of hydrogen-bond acceptors (Lipinski definition) is 4. The summed E-state index contributed by atoms with van der Waals surface area (Å²) in [6.45, 7) is 13.8. The molecule has 144 valence electrons. The first kappa shape index (κ1) is 21.3. The number of hydrogen-bond donors (Lipinski definition) is 2. The highest BCUT2D eigenvalue weighted by Crippen LogP contribution is 2.35. The third kappa shape index (κ3) is 5.90. The van der Waals surface area contributed by atoms with Gasteiger partial charge in [-0.1, -0.05) is 48.5 Å². The molecular weight excluding hydrogens is 324 g/mol. The molecule has 2 atom stereocenters. The Bertz CT molecular complexity index is 522. The molecule has 0 aromatic rings. The maximum absolute atomic E-state index is 13.1. The second-order valence-electron chi connectivity index (χ2n) is 9.12. The Balaban J connectivity index is 2.97. The molecule has 0 spiro atoms. The number of alkyl carbamates (subject to hydrolysis) is 1. The molecule has 1 aliphatic rings. The van der Waals surface area contributed by atoms with Crippen molar-refractivity contribution in [3.05, 3.63) is 0 Å². The summed E-state index contributed by atoms with van der Waals surface area (Å²) in [5, 5.41) is 12.1. The van der Waals surface area contributed by atoms with Gasteiger partial charge in [-0.3, -0.25) is 4.79 Å². The van der Waals surface area contributed by atoms with Crippen LogP contribution in [0.1, 0.15) is 54.9 Å². The van der Waals surface area contributed by atoms with Crippen LogP contribution < -0.4 is 5.32 Å². The van der Waals surface area contributed by atoms with Crippen molar-refractivity contribution in [3.8, 4) is 0 Å². The largest absolute Gasteiger partial charge is 0.480 e. The number of amides is 2. The summed E-state index contributed by atoms with van der Waals surface area (Å²) in [5.74, 6) is -1.22. The molecule has 0 saturated carbocycles. The average molecular weight is 356 g/mol. The molecule has 0 unspecified atom stereocenters. The molecule has 7 nitrogen and oxygen atoms in total. The Morgan fingerprint density at radius 1 is 1.28 bits per heavy atom. The molecule has 0 bridgehead atoms. The van der Waals surface area contributed by atoms with E-state index < -0.39 is 29.6 Å². The number of nitrogens with one attached hydrogen (secondary N) is 1. The fourth-order valence-electron chi connectivity index (χ4n) is 2.94. The van der Waals surface area contributed by atoms with Crippen LogP contribution in [0.15, 0.2) is 0 Å². The molecule has 1 fully saturated rings. The lowest BCUT2D eigenvalue weighted by atomic mass is 9.85. The Morgan fingerprint density at radius 2 is 1.84 bits per heavy atom. The predicted molar refractivity (Wildman–Crippen MR) is 94.1 cm³/mol. The van der Waals surface area contributed by atoms with Crippen LogP contribution in [-0.2, 0) is 14.3 Å². The third-order valence-electron chi connectivity index (χ3n) is 4.21. The van der Waals surface area contributed by atoms with E-state index in [1.165, 1.54) is 4.90 Å². The maximum Gasteiger partial charge on any atom is 0.407 e. The van der Waals surface area contributed by atoms with Crippen LogP contribution in [0.5, 0.6) is 0 Å². The van der Waals surface area contributed by atoms with Crippen LogP contribution in [0.2, 0.25) is 0 Å².